The van der Waals surface area contributed by atoms with E-state index < -0.39 is 16.1 Å². The number of hydrogen-bond donors (Lipinski definition) is 0. The van der Waals surface area contributed by atoms with E-state index in [1.165, 1.54) is 0 Å². The molecule has 1 heterocycles. The van der Waals surface area contributed by atoms with E-state index in [0.29, 0.717) is 29.8 Å². The average molecular weight is 402 g/mol. The maximum atomic E-state index is 12.9. The number of allylic oxidation sites excluding steroid dienone is 2. The Kier molecular flexibility index (Phi) is 6.65. The van der Waals surface area contributed by atoms with Crippen LogP contribution in [-0.2, 0) is 18.0 Å². The molecule has 1 aliphatic carbocycles. The first-order chi connectivity index (χ1) is 11.9. The lowest BCUT2D eigenvalue weighted by molar-refractivity contribution is 0.0418. The van der Waals surface area contributed by atoms with E-state index in [1.807, 2.05) is 13.8 Å². The summed E-state index contributed by atoms with van der Waals surface area (Å²) >= 11 is 0. The van der Waals surface area contributed by atoms with Crippen molar-refractivity contribution >= 4 is 21.8 Å². The first-order valence-corrected chi connectivity index (χ1v) is 13.4. The third-order valence-corrected chi connectivity index (χ3v) is 12.9. The van der Waals surface area contributed by atoms with Gasteiger partial charge in [0.25, 0.3) is 8.32 Å². The summed E-state index contributed by atoms with van der Waals surface area (Å²) in [6.45, 7) is 18.4. The summed E-state index contributed by atoms with van der Waals surface area (Å²) in [5.41, 5.74) is 2.04. The fourth-order valence-electron chi connectivity index (χ4n) is 4.12. The molecule has 150 valence electrons. The van der Waals surface area contributed by atoms with Gasteiger partial charge in [-0.05, 0) is 35.5 Å². The zero-order valence-corrected chi connectivity index (χ0v) is 19.6. The first kappa shape index (κ1) is 21.9. The van der Waals surface area contributed by atoms with Crippen LogP contribution in [0.1, 0.15) is 68.2 Å². The molecule has 2 rings (SSSR count). The highest BCUT2D eigenvalue weighted by Crippen LogP contribution is 2.56. The van der Waals surface area contributed by atoms with Gasteiger partial charge in [0.2, 0.25) is 0 Å². The minimum Gasteiger partial charge on any atom is -0.542 e. The molecule has 5 nitrogen and oxygen atoms in total. The minimum atomic E-state index is -3.43. The normalized spacial score (nSPS) is 24.6. The SMILES string of the molecule is CC(C)[Si](OC1=CCC/C1=N\P1(=O)OCC(C)(C)CO1)(C(C)C)C(C)C. The lowest BCUT2D eigenvalue weighted by atomic mass is 9.97. The van der Waals surface area contributed by atoms with Crippen molar-refractivity contribution in [1.82, 2.24) is 0 Å². The molecule has 0 amide bonds. The van der Waals surface area contributed by atoms with E-state index in [1.54, 1.807) is 0 Å². The molecule has 26 heavy (non-hydrogen) atoms. The van der Waals surface area contributed by atoms with Crippen LogP contribution in [0.4, 0.5) is 0 Å². The van der Waals surface area contributed by atoms with Crippen molar-refractivity contribution in [3.8, 4) is 0 Å². The van der Waals surface area contributed by atoms with Gasteiger partial charge in [-0.25, -0.2) is 4.57 Å². The average Bonchev–Trinajstić information content (AvgIpc) is 2.94. The molecular weight excluding hydrogens is 365 g/mol. The van der Waals surface area contributed by atoms with Crippen molar-refractivity contribution in [2.24, 2.45) is 10.2 Å². The van der Waals surface area contributed by atoms with Gasteiger partial charge in [-0.1, -0.05) is 55.4 Å². The van der Waals surface area contributed by atoms with Crippen LogP contribution < -0.4 is 0 Å². The number of nitrogens with zero attached hydrogens (tertiary/aromatic N) is 1. The third kappa shape index (κ3) is 4.52. The Labute approximate surface area is 160 Å². The Morgan fingerprint density at radius 1 is 1.08 bits per heavy atom. The molecule has 0 unspecified atom stereocenters. The molecule has 0 atom stereocenters. The Morgan fingerprint density at radius 3 is 2.04 bits per heavy atom. The summed E-state index contributed by atoms with van der Waals surface area (Å²) < 4.78 is 35.2. The van der Waals surface area contributed by atoms with E-state index in [0.717, 1.165) is 24.3 Å². The van der Waals surface area contributed by atoms with Crippen LogP contribution >= 0.6 is 7.75 Å². The molecule has 0 radical (unpaired) electrons. The number of hydrogen-bond acceptors (Lipinski definition) is 4. The second-order valence-electron chi connectivity index (χ2n) is 9.25. The molecule has 0 bridgehead atoms. The predicted molar refractivity (Wildman–Crippen MR) is 110 cm³/mol. The summed E-state index contributed by atoms with van der Waals surface area (Å²) in [7, 11) is -5.50. The summed E-state index contributed by atoms with van der Waals surface area (Å²) in [4.78, 5) is 0. The van der Waals surface area contributed by atoms with Crippen LogP contribution in [-0.4, -0.2) is 27.2 Å². The van der Waals surface area contributed by atoms with Crippen molar-refractivity contribution in [2.45, 2.75) is 84.9 Å². The molecular formula is C19H36NO4PSi. The highest BCUT2D eigenvalue weighted by Gasteiger charge is 2.48. The molecule has 1 aliphatic heterocycles. The van der Waals surface area contributed by atoms with Crippen LogP contribution in [0, 0.1) is 5.41 Å². The van der Waals surface area contributed by atoms with Gasteiger partial charge in [0.05, 0.1) is 18.9 Å². The largest absolute Gasteiger partial charge is 0.542 e. The molecule has 0 N–H and O–H groups in total. The van der Waals surface area contributed by atoms with Gasteiger partial charge in [-0.2, -0.15) is 4.76 Å². The molecule has 2 aliphatic rings. The zero-order chi connectivity index (χ0) is 19.8. The van der Waals surface area contributed by atoms with E-state index in [-0.39, 0.29) is 5.41 Å². The first-order valence-electron chi connectivity index (χ1n) is 9.79. The second-order valence-corrected chi connectivity index (χ2v) is 16.3. The smallest absolute Gasteiger partial charge is 0.454 e. The monoisotopic (exact) mass is 401 g/mol. The van der Waals surface area contributed by atoms with E-state index in [9.17, 15) is 4.57 Å². The van der Waals surface area contributed by atoms with Crippen LogP contribution in [0.3, 0.4) is 0 Å². The van der Waals surface area contributed by atoms with E-state index in [4.69, 9.17) is 13.5 Å². The van der Waals surface area contributed by atoms with Gasteiger partial charge >= 0.3 is 7.75 Å². The maximum Gasteiger partial charge on any atom is 0.454 e. The Morgan fingerprint density at radius 2 is 1.58 bits per heavy atom. The highest BCUT2D eigenvalue weighted by molar-refractivity contribution is 7.52. The Hall–Kier alpha value is -0.423. The second kappa shape index (κ2) is 7.90. The van der Waals surface area contributed by atoms with Crippen molar-refractivity contribution in [2.75, 3.05) is 13.2 Å². The van der Waals surface area contributed by atoms with Gasteiger partial charge in [-0.3, -0.25) is 9.05 Å². The Balaban J connectivity index is 2.26. The van der Waals surface area contributed by atoms with Crippen LogP contribution in [0.5, 0.6) is 0 Å². The highest BCUT2D eigenvalue weighted by atomic mass is 31.2. The molecule has 7 heteroatoms. The topological polar surface area (TPSA) is 57.1 Å². The van der Waals surface area contributed by atoms with Crippen LogP contribution in [0.2, 0.25) is 16.6 Å². The van der Waals surface area contributed by atoms with Gasteiger partial charge in [0.15, 0.2) is 0 Å². The molecule has 0 saturated carbocycles. The summed E-state index contributed by atoms with van der Waals surface area (Å²) in [5.74, 6) is 0.806. The molecule has 0 aromatic rings. The molecule has 1 fully saturated rings. The van der Waals surface area contributed by atoms with Crippen molar-refractivity contribution < 1.29 is 18.0 Å². The summed E-state index contributed by atoms with van der Waals surface area (Å²) in [6.07, 6.45) is 3.68. The lowest BCUT2D eigenvalue weighted by Gasteiger charge is -2.42. The van der Waals surface area contributed by atoms with Crippen LogP contribution in [0.15, 0.2) is 16.6 Å². The standard InChI is InChI=1S/C19H36NO4PSi/c1-14(2)26(15(3)4,16(5)6)24-18-11-9-10-17(18)20-25(21)22-12-19(7,8)13-23-25/h11,14-16H,9-10,12-13H2,1-8H3/b20-17+. The van der Waals surface area contributed by atoms with Crippen molar-refractivity contribution in [3.05, 3.63) is 11.8 Å². The zero-order valence-electron chi connectivity index (χ0n) is 17.7. The van der Waals surface area contributed by atoms with Crippen molar-refractivity contribution in [1.29, 1.82) is 0 Å². The summed E-state index contributed by atoms with van der Waals surface area (Å²) in [5, 5.41) is 0. The van der Waals surface area contributed by atoms with Gasteiger partial charge in [-0.15, -0.1) is 0 Å². The Bertz CT molecular complexity index is 589. The summed E-state index contributed by atoms with van der Waals surface area (Å²) in [6, 6.07) is 0. The molecule has 0 aromatic heterocycles. The third-order valence-electron chi connectivity index (χ3n) is 5.47. The van der Waals surface area contributed by atoms with Gasteiger partial charge < -0.3 is 4.43 Å². The van der Waals surface area contributed by atoms with E-state index in [2.05, 4.69) is 52.4 Å². The minimum absolute atomic E-state index is 0.131. The predicted octanol–water partition coefficient (Wildman–Crippen LogP) is 6.48. The fraction of sp³-hybridized carbons (Fsp3) is 0.842. The van der Waals surface area contributed by atoms with Crippen molar-refractivity contribution in [3.63, 3.8) is 0 Å². The van der Waals surface area contributed by atoms with Gasteiger partial charge in [0, 0.05) is 5.41 Å². The molecule has 0 spiro atoms. The molecule has 0 aromatic carbocycles. The quantitative estimate of drug-likeness (QED) is 0.377. The fourth-order valence-corrected chi connectivity index (χ4v) is 11.1. The van der Waals surface area contributed by atoms with Crippen LogP contribution in [0.25, 0.3) is 0 Å². The molecule has 1 saturated heterocycles. The lowest BCUT2D eigenvalue weighted by Crippen LogP contribution is -2.47. The van der Waals surface area contributed by atoms with E-state index >= 15 is 0 Å². The maximum absolute atomic E-state index is 12.9. The number of rotatable bonds is 6. The van der Waals surface area contributed by atoms with Gasteiger partial charge in [0.1, 0.15) is 5.76 Å².